The molecule has 5 nitrogen and oxygen atoms in total. The Kier molecular flexibility index (Phi) is 3.63. The van der Waals surface area contributed by atoms with Gasteiger partial charge in [-0.3, -0.25) is 0 Å². The Hall–Kier alpha value is -2.69. The summed E-state index contributed by atoms with van der Waals surface area (Å²) in [6.07, 6.45) is 1.67. The fourth-order valence-electron chi connectivity index (χ4n) is 2.67. The number of aromatic nitrogens is 3. The first-order chi connectivity index (χ1) is 10.6. The summed E-state index contributed by atoms with van der Waals surface area (Å²) < 4.78 is 1.77. The molecule has 1 N–H and O–H groups in total. The van der Waals surface area contributed by atoms with Crippen molar-refractivity contribution in [2.45, 2.75) is 26.7 Å². The number of aromatic carboxylic acids is 1. The van der Waals surface area contributed by atoms with E-state index in [1.165, 1.54) is 0 Å². The molecule has 0 aliphatic rings. The van der Waals surface area contributed by atoms with Gasteiger partial charge in [0.05, 0.1) is 5.69 Å². The van der Waals surface area contributed by atoms with Crippen molar-refractivity contribution in [1.82, 2.24) is 14.6 Å². The molecule has 0 spiro atoms. The average molecular weight is 295 g/mol. The van der Waals surface area contributed by atoms with Crippen molar-refractivity contribution in [3.8, 4) is 11.1 Å². The van der Waals surface area contributed by atoms with Gasteiger partial charge < -0.3 is 5.11 Å². The van der Waals surface area contributed by atoms with Crippen LogP contribution < -0.4 is 0 Å². The Balaban J connectivity index is 2.34. The van der Waals surface area contributed by atoms with Gasteiger partial charge in [0.25, 0.3) is 0 Å². The number of aryl methyl sites for hydroxylation is 2. The number of hydrogen-bond donors (Lipinski definition) is 1. The Morgan fingerprint density at radius 1 is 1.27 bits per heavy atom. The van der Waals surface area contributed by atoms with Crippen LogP contribution in [0.15, 0.2) is 36.4 Å². The van der Waals surface area contributed by atoms with E-state index in [-0.39, 0.29) is 5.69 Å². The lowest BCUT2D eigenvalue weighted by Gasteiger charge is -2.06. The normalized spacial score (nSPS) is 11.0. The van der Waals surface area contributed by atoms with E-state index in [0.29, 0.717) is 5.65 Å². The maximum atomic E-state index is 11.4. The molecule has 0 atom stereocenters. The minimum atomic E-state index is -1.02. The number of carboxylic acid groups (broad SMARTS) is 1. The zero-order valence-corrected chi connectivity index (χ0v) is 12.6. The highest BCUT2D eigenvalue weighted by Gasteiger charge is 2.18. The summed E-state index contributed by atoms with van der Waals surface area (Å²) in [5.74, 6) is -1.02. The topological polar surface area (TPSA) is 67.5 Å². The summed E-state index contributed by atoms with van der Waals surface area (Å²) in [5, 5.41) is 13.9. The lowest BCUT2D eigenvalue weighted by atomic mass is 10.1. The number of rotatable bonds is 4. The molecule has 0 saturated heterocycles. The van der Waals surface area contributed by atoms with E-state index in [1.54, 1.807) is 10.6 Å². The van der Waals surface area contributed by atoms with Crippen LogP contribution in [0.1, 0.15) is 35.2 Å². The van der Waals surface area contributed by atoms with Gasteiger partial charge in [-0.25, -0.2) is 14.3 Å². The Labute approximate surface area is 128 Å². The van der Waals surface area contributed by atoms with E-state index in [1.807, 2.05) is 37.3 Å². The van der Waals surface area contributed by atoms with Gasteiger partial charge in [0.15, 0.2) is 11.3 Å². The molecule has 22 heavy (non-hydrogen) atoms. The van der Waals surface area contributed by atoms with Gasteiger partial charge in [-0.15, -0.1) is 0 Å². The summed E-state index contributed by atoms with van der Waals surface area (Å²) in [7, 11) is 0. The summed E-state index contributed by atoms with van der Waals surface area (Å²) in [6, 6.07) is 11.4. The molecule has 0 fully saturated rings. The van der Waals surface area contributed by atoms with Crippen LogP contribution in [-0.2, 0) is 6.42 Å². The van der Waals surface area contributed by atoms with E-state index < -0.39 is 5.97 Å². The van der Waals surface area contributed by atoms with Gasteiger partial charge in [0.1, 0.15) is 0 Å². The maximum Gasteiger partial charge on any atom is 0.354 e. The second-order valence-corrected chi connectivity index (χ2v) is 5.25. The van der Waals surface area contributed by atoms with Crippen molar-refractivity contribution in [3.63, 3.8) is 0 Å². The number of carboxylic acids is 1. The van der Waals surface area contributed by atoms with Crippen LogP contribution in [-0.4, -0.2) is 25.7 Å². The first-order valence-corrected chi connectivity index (χ1v) is 7.29. The molecule has 0 aliphatic carbocycles. The molecule has 3 aromatic rings. The molecule has 3 rings (SSSR count). The molecule has 2 aromatic heterocycles. The highest BCUT2D eigenvalue weighted by molar-refractivity contribution is 5.88. The van der Waals surface area contributed by atoms with Crippen LogP contribution >= 0.6 is 0 Å². The molecule has 5 heteroatoms. The zero-order chi connectivity index (χ0) is 15.7. The number of carbonyl (C=O) groups is 1. The first kappa shape index (κ1) is 14.3. The van der Waals surface area contributed by atoms with E-state index in [0.717, 1.165) is 35.4 Å². The van der Waals surface area contributed by atoms with Crippen LogP contribution in [0.2, 0.25) is 0 Å². The Bertz CT molecular complexity index is 838. The molecule has 0 aliphatic heterocycles. The monoisotopic (exact) mass is 295 g/mol. The van der Waals surface area contributed by atoms with Gasteiger partial charge in [-0.1, -0.05) is 43.7 Å². The number of fused-ring (bicyclic) bond motifs is 1. The summed E-state index contributed by atoms with van der Waals surface area (Å²) in [5.41, 5.74) is 4.27. The van der Waals surface area contributed by atoms with E-state index >= 15 is 0 Å². The second-order valence-electron chi connectivity index (χ2n) is 5.25. The summed E-state index contributed by atoms with van der Waals surface area (Å²) in [4.78, 5) is 15.7. The summed E-state index contributed by atoms with van der Waals surface area (Å²) in [6.45, 7) is 3.98. The molecule has 0 unspecified atom stereocenters. The molecule has 0 bridgehead atoms. The SMILES string of the molecule is CCCc1cc(C(=O)O)nc2c(-c3ccccc3)c(C)nn12. The Morgan fingerprint density at radius 3 is 2.64 bits per heavy atom. The van der Waals surface area contributed by atoms with Crippen molar-refractivity contribution >= 4 is 11.6 Å². The van der Waals surface area contributed by atoms with Crippen molar-refractivity contribution in [2.75, 3.05) is 0 Å². The molecule has 0 radical (unpaired) electrons. The van der Waals surface area contributed by atoms with Gasteiger partial charge >= 0.3 is 5.97 Å². The van der Waals surface area contributed by atoms with Gasteiger partial charge in [-0.05, 0) is 25.0 Å². The van der Waals surface area contributed by atoms with Crippen molar-refractivity contribution in [2.24, 2.45) is 0 Å². The third kappa shape index (κ3) is 2.35. The van der Waals surface area contributed by atoms with Crippen LogP contribution in [0.5, 0.6) is 0 Å². The number of hydrogen-bond acceptors (Lipinski definition) is 3. The molecular formula is C17H17N3O2. The van der Waals surface area contributed by atoms with Crippen LogP contribution in [0.4, 0.5) is 0 Å². The second kappa shape index (κ2) is 5.60. The summed E-state index contributed by atoms with van der Waals surface area (Å²) >= 11 is 0. The predicted octanol–water partition coefficient (Wildman–Crippen LogP) is 3.36. The molecule has 2 heterocycles. The van der Waals surface area contributed by atoms with Crippen LogP contribution in [0.25, 0.3) is 16.8 Å². The quantitative estimate of drug-likeness (QED) is 0.801. The smallest absolute Gasteiger partial charge is 0.354 e. The first-order valence-electron chi connectivity index (χ1n) is 7.29. The molecule has 112 valence electrons. The van der Waals surface area contributed by atoms with Gasteiger partial charge in [-0.2, -0.15) is 5.10 Å². The van der Waals surface area contributed by atoms with E-state index in [9.17, 15) is 9.90 Å². The number of nitrogens with zero attached hydrogens (tertiary/aromatic N) is 3. The van der Waals surface area contributed by atoms with Gasteiger partial charge in [0, 0.05) is 11.3 Å². The average Bonchev–Trinajstić information content (AvgIpc) is 2.84. The lowest BCUT2D eigenvalue weighted by Crippen LogP contribution is -2.07. The minimum absolute atomic E-state index is 0.0630. The zero-order valence-electron chi connectivity index (χ0n) is 12.6. The molecule has 0 amide bonds. The minimum Gasteiger partial charge on any atom is -0.477 e. The van der Waals surface area contributed by atoms with Crippen molar-refractivity contribution in [3.05, 3.63) is 53.5 Å². The van der Waals surface area contributed by atoms with E-state index in [4.69, 9.17) is 0 Å². The van der Waals surface area contributed by atoms with Crippen LogP contribution in [0.3, 0.4) is 0 Å². The third-order valence-corrected chi connectivity index (χ3v) is 3.63. The maximum absolute atomic E-state index is 11.4. The largest absolute Gasteiger partial charge is 0.477 e. The van der Waals surface area contributed by atoms with Crippen LogP contribution in [0, 0.1) is 6.92 Å². The molecular weight excluding hydrogens is 278 g/mol. The Morgan fingerprint density at radius 2 is 2.00 bits per heavy atom. The van der Waals surface area contributed by atoms with E-state index in [2.05, 4.69) is 17.0 Å². The molecule has 0 saturated carbocycles. The third-order valence-electron chi connectivity index (χ3n) is 3.63. The highest BCUT2D eigenvalue weighted by atomic mass is 16.4. The number of benzene rings is 1. The predicted molar refractivity (Wildman–Crippen MR) is 84.1 cm³/mol. The fraction of sp³-hybridized carbons (Fsp3) is 0.235. The highest BCUT2D eigenvalue weighted by Crippen LogP contribution is 2.28. The lowest BCUT2D eigenvalue weighted by molar-refractivity contribution is 0.0690. The van der Waals surface area contributed by atoms with Crippen molar-refractivity contribution in [1.29, 1.82) is 0 Å². The fourth-order valence-corrected chi connectivity index (χ4v) is 2.67. The molecule has 1 aromatic carbocycles. The van der Waals surface area contributed by atoms with Gasteiger partial charge in [0.2, 0.25) is 0 Å². The standard InChI is InChI=1S/C17H17N3O2/c1-3-7-13-10-14(17(21)22)18-16-15(11(2)19-20(13)16)12-8-5-4-6-9-12/h4-6,8-10H,3,7H2,1-2H3,(H,21,22). The van der Waals surface area contributed by atoms with Crippen molar-refractivity contribution < 1.29 is 9.90 Å².